The Morgan fingerprint density at radius 3 is 2.48 bits per heavy atom. The Labute approximate surface area is 172 Å². The number of nitrogens with zero attached hydrogens (tertiary/aromatic N) is 4. The first-order chi connectivity index (χ1) is 14.1. The smallest absolute Gasteiger partial charge is 0.321 e. The largest absolute Gasteiger partial charge is 0.344 e. The number of nitrogens with one attached hydrogen (secondary N) is 2. The van der Waals surface area contributed by atoms with Gasteiger partial charge in [0.25, 0.3) is 0 Å². The number of carbonyl (C=O) groups is 1. The van der Waals surface area contributed by atoms with Crippen LogP contribution in [0, 0.1) is 11.6 Å². The van der Waals surface area contributed by atoms with Crippen LogP contribution in [0.3, 0.4) is 0 Å². The summed E-state index contributed by atoms with van der Waals surface area (Å²) in [6, 6.07) is 3.95. The topological polar surface area (TPSA) is 73.4 Å². The molecule has 1 saturated carbocycles. The molecule has 0 radical (unpaired) electrons. The van der Waals surface area contributed by atoms with Crippen molar-refractivity contribution in [2.45, 2.75) is 38.3 Å². The van der Waals surface area contributed by atoms with E-state index < -0.39 is 11.6 Å². The van der Waals surface area contributed by atoms with Gasteiger partial charge in [-0.3, -0.25) is 10.2 Å². The third-order valence-corrected chi connectivity index (χ3v) is 6.31. The fourth-order valence-corrected chi connectivity index (χ4v) is 4.58. The molecular weight excluding hydrogens is 398 g/mol. The molecule has 2 heterocycles. The van der Waals surface area contributed by atoms with Crippen LogP contribution in [0.4, 0.5) is 23.8 Å². The van der Waals surface area contributed by atoms with Crippen LogP contribution in [0.25, 0.3) is 0 Å². The van der Waals surface area contributed by atoms with E-state index in [2.05, 4.69) is 25.7 Å². The van der Waals surface area contributed by atoms with Crippen molar-refractivity contribution in [2.24, 2.45) is 0 Å². The summed E-state index contributed by atoms with van der Waals surface area (Å²) in [6.45, 7) is 2.94. The molecule has 1 aliphatic heterocycles. The molecule has 2 amide bonds. The predicted octanol–water partition coefficient (Wildman–Crippen LogP) is 3.20. The van der Waals surface area contributed by atoms with Crippen LogP contribution in [0.2, 0.25) is 0 Å². The zero-order valence-corrected chi connectivity index (χ0v) is 16.9. The molecule has 2 aliphatic rings. The Morgan fingerprint density at radius 2 is 1.79 bits per heavy atom. The Hall–Kier alpha value is -2.33. The summed E-state index contributed by atoms with van der Waals surface area (Å²) in [5, 5.41) is 15.1. The van der Waals surface area contributed by atoms with Gasteiger partial charge in [-0.05, 0) is 25.0 Å². The molecule has 2 fully saturated rings. The molecule has 2 N–H and O–H groups in total. The van der Waals surface area contributed by atoms with E-state index in [1.54, 1.807) is 0 Å². The molecule has 7 nitrogen and oxygen atoms in total. The summed E-state index contributed by atoms with van der Waals surface area (Å²) in [7, 11) is 0. The van der Waals surface area contributed by atoms with Crippen molar-refractivity contribution >= 4 is 27.6 Å². The SMILES string of the molecule is O=C(Nc1nnc(N2CCN(Cc3c(F)cccc3F)CC2)s1)NC1CCCC1. The number of benzene rings is 1. The van der Waals surface area contributed by atoms with Gasteiger partial charge in [0.15, 0.2) is 0 Å². The van der Waals surface area contributed by atoms with Gasteiger partial charge in [-0.1, -0.05) is 30.2 Å². The van der Waals surface area contributed by atoms with Gasteiger partial charge in [0.2, 0.25) is 10.3 Å². The zero-order valence-electron chi connectivity index (χ0n) is 16.0. The maximum atomic E-state index is 13.8. The molecule has 0 unspecified atom stereocenters. The molecule has 29 heavy (non-hydrogen) atoms. The van der Waals surface area contributed by atoms with Gasteiger partial charge in [-0.15, -0.1) is 10.2 Å². The number of carbonyl (C=O) groups excluding carboxylic acids is 1. The fourth-order valence-electron chi connectivity index (χ4n) is 3.79. The first-order valence-electron chi connectivity index (χ1n) is 9.90. The number of amides is 2. The standard InChI is InChI=1S/C19H24F2N6OS/c20-15-6-3-7-16(21)14(15)12-26-8-10-27(11-9-26)19-25-24-18(29-19)23-17(28)22-13-4-1-2-5-13/h3,6-7,13H,1-2,4-5,8-12H2,(H2,22,23,24,28). The van der Waals surface area contributed by atoms with Crippen LogP contribution >= 0.6 is 11.3 Å². The van der Waals surface area contributed by atoms with Crippen molar-refractivity contribution in [2.75, 3.05) is 36.4 Å². The van der Waals surface area contributed by atoms with Gasteiger partial charge in [0.1, 0.15) is 11.6 Å². The molecular formula is C19H24F2N6OS. The van der Waals surface area contributed by atoms with Crippen LogP contribution in [0.15, 0.2) is 18.2 Å². The van der Waals surface area contributed by atoms with E-state index in [0.29, 0.717) is 31.3 Å². The molecule has 1 aromatic carbocycles. The summed E-state index contributed by atoms with van der Waals surface area (Å²) in [6.07, 6.45) is 4.36. The van der Waals surface area contributed by atoms with E-state index in [1.165, 1.54) is 29.5 Å². The van der Waals surface area contributed by atoms with Crippen molar-refractivity contribution < 1.29 is 13.6 Å². The quantitative estimate of drug-likeness (QED) is 0.774. The number of urea groups is 1. The van der Waals surface area contributed by atoms with Gasteiger partial charge in [0, 0.05) is 44.3 Å². The van der Waals surface area contributed by atoms with Gasteiger partial charge in [0.05, 0.1) is 0 Å². The number of anilines is 2. The molecule has 10 heteroatoms. The zero-order chi connectivity index (χ0) is 20.2. The van der Waals surface area contributed by atoms with E-state index in [0.717, 1.165) is 30.8 Å². The van der Waals surface area contributed by atoms with Crippen molar-refractivity contribution in [3.8, 4) is 0 Å². The van der Waals surface area contributed by atoms with Gasteiger partial charge in [-0.2, -0.15) is 0 Å². The average molecular weight is 423 g/mol. The lowest BCUT2D eigenvalue weighted by Crippen LogP contribution is -2.46. The predicted molar refractivity (Wildman–Crippen MR) is 108 cm³/mol. The molecule has 156 valence electrons. The van der Waals surface area contributed by atoms with Gasteiger partial charge in [-0.25, -0.2) is 13.6 Å². The third kappa shape index (κ3) is 4.99. The van der Waals surface area contributed by atoms with Crippen molar-refractivity contribution in [3.05, 3.63) is 35.4 Å². The van der Waals surface area contributed by atoms with Crippen LogP contribution in [-0.4, -0.2) is 53.3 Å². The Kier molecular flexibility index (Phi) is 6.19. The van der Waals surface area contributed by atoms with Crippen molar-refractivity contribution in [1.29, 1.82) is 0 Å². The highest BCUT2D eigenvalue weighted by atomic mass is 32.1. The number of hydrogen-bond acceptors (Lipinski definition) is 6. The van der Waals surface area contributed by atoms with E-state index in [-0.39, 0.29) is 24.2 Å². The Morgan fingerprint density at radius 1 is 1.10 bits per heavy atom. The number of rotatable bonds is 5. The minimum absolute atomic E-state index is 0.108. The van der Waals surface area contributed by atoms with E-state index in [9.17, 15) is 13.6 Å². The number of piperazine rings is 1. The lowest BCUT2D eigenvalue weighted by molar-refractivity contribution is 0.243. The minimum Gasteiger partial charge on any atom is -0.344 e. The molecule has 4 rings (SSSR count). The molecule has 0 bridgehead atoms. The lowest BCUT2D eigenvalue weighted by atomic mass is 10.1. The molecule has 0 atom stereocenters. The average Bonchev–Trinajstić information content (AvgIpc) is 3.37. The second kappa shape index (κ2) is 9.00. The normalized spacial score (nSPS) is 18.2. The second-order valence-electron chi connectivity index (χ2n) is 7.43. The third-order valence-electron chi connectivity index (χ3n) is 5.41. The van der Waals surface area contributed by atoms with Gasteiger partial charge >= 0.3 is 6.03 Å². The van der Waals surface area contributed by atoms with Crippen molar-refractivity contribution in [3.63, 3.8) is 0 Å². The van der Waals surface area contributed by atoms with Gasteiger partial charge < -0.3 is 10.2 Å². The molecule has 2 aromatic rings. The Bertz CT molecular complexity index is 829. The summed E-state index contributed by atoms with van der Waals surface area (Å²) < 4.78 is 27.7. The highest BCUT2D eigenvalue weighted by molar-refractivity contribution is 7.19. The summed E-state index contributed by atoms with van der Waals surface area (Å²) >= 11 is 1.33. The Balaban J connectivity index is 1.27. The number of hydrogen-bond donors (Lipinski definition) is 2. The first-order valence-corrected chi connectivity index (χ1v) is 10.7. The van der Waals surface area contributed by atoms with Crippen LogP contribution in [0.1, 0.15) is 31.2 Å². The number of aromatic nitrogens is 2. The maximum absolute atomic E-state index is 13.8. The number of halogens is 2. The minimum atomic E-state index is -0.511. The highest BCUT2D eigenvalue weighted by Crippen LogP contribution is 2.26. The molecule has 0 spiro atoms. The molecule has 1 aromatic heterocycles. The van der Waals surface area contributed by atoms with E-state index in [1.807, 2.05) is 4.90 Å². The van der Waals surface area contributed by atoms with E-state index in [4.69, 9.17) is 0 Å². The summed E-state index contributed by atoms with van der Waals surface area (Å²) in [5.41, 5.74) is 0.108. The maximum Gasteiger partial charge on any atom is 0.321 e. The molecule has 1 saturated heterocycles. The molecule has 1 aliphatic carbocycles. The van der Waals surface area contributed by atoms with Crippen LogP contribution < -0.4 is 15.5 Å². The van der Waals surface area contributed by atoms with Crippen LogP contribution in [0.5, 0.6) is 0 Å². The second-order valence-corrected chi connectivity index (χ2v) is 8.39. The first kappa shape index (κ1) is 20.0. The van der Waals surface area contributed by atoms with Crippen LogP contribution in [-0.2, 0) is 6.54 Å². The lowest BCUT2D eigenvalue weighted by Gasteiger charge is -2.34. The van der Waals surface area contributed by atoms with E-state index >= 15 is 0 Å². The van der Waals surface area contributed by atoms with Crippen molar-refractivity contribution in [1.82, 2.24) is 20.4 Å². The monoisotopic (exact) mass is 422 g/mol. The summed E-state index contributed by atoms with van der Waals surface area (Å²) in [4.78, 5) is 16.2. The highest BCUT2D eigenvalue weighted by Gasteiger charge is 2.23. The summed E-state index contributed by atoms with van der Waals surface area (Å²) in [5.74, 6) is -1.02. The fraction of sp³-hybridized carbons (Fsp3) is 0.526.